The number of likely N-dealkylation sites (N-methyl/N-ethyl adjacent to an activating group) is 1. The zero-order valence-electron chi connectivity index (χ0n) is 10.8. The summed E-state index contributed by atoms with van der Waals surface area (Å²) in [5.74, 6) is 0.303. The molecule has 0 heterocycles. The van der Waals surface area contributed by atoms with Crippen molar-refractivity contribution in [2.45, 2.75) is 31.2 Å². The summed E-state index contributed by atoms with van der Waals surface area (Å²) in [6.45, 7) is 6.00. The highest BCUT2D eigenvalue weighted by Gasteiger charge is 2.28. The maximum Gasteiger partial charge on any atom is 0.238 e. The molecule has 3 nitrogen and oxygen atoms in total. The third-order valence-corrected chi connectivity index (χ3v) is 4.41. The van der Waals surface area contributed by atoms with Gasteiger partial charge in [0, 0.05) is 10.6 Å². The Balaban J connectivity index is 2.73. The third-order valence-electron chi connectivity index (χ3n) is 3.10. The second kappa shape index (κ2) is 5.56. The number of primary amides is 1. The second-order valence-corrected chi connectivity index (χ2v) is 5.53. The van der Waals surface area contributed by atoms with Crippen LogP contribution in [0.1, 0.15) is 18.1 Å². The van der Waals surface area contributed by atoms with Crippen LogP contribution in [-0.2, 0) is 4.79 Å². The van der Waals surface area contributed by atoms with E-state index < -0.39 is 5.54 Å². The van der Waals surface area contributed by atoms with Crippen LogP contribution in [0.25, 0.3) is 0 Å². The molecule has 0 aromatic heterocycles. The molecule has 4 heteroatoms. The molecule has 3 N–H and O–H groups in total. The Morgan fingerprint density at radius 1 is 1.41 bits per heavy atom. The highest BCUT2D eigenvalue weighted by molar-refractivity contribution is 7.99. The van der Waals surface area contributed by atoms with E-state index in [1.165, 1.54) is 11.1 Å². The lowest BCUT2D eigenvalue weighted by atomic mass is 10.1. The Morgan fingerprint density at radius 3 is 2.53 bits per heavy atom. The van der Waals surface area contributed by atoms with Gasteiger partial charge >= 0.3 is 0 Å². The number of hydrogen-bond acceptors (Lipinski definition) is 3. The van der Waals surface area contributed by atoms with Crippen molar-refractivity contribution in [1.82, 2.24) is 5.32 Å². The van der Waals surface area contributed by atoms with E-state index in [1.54, 1.807) is 18.8 Å². The van der Waals surface area contributed by atoms with Crippen LogP contribution in [0.3, 0.4) is 0 Å². The van der Waals surface area contributed by atoms with Gasteiger partial charge in [0.25, 0.3) is 0 Å². The molecule has 0 bridgehead atoms. The summed E-state index contributed by atoms with van der Waals surface area (Å²) >= 11 is 1.64. The normalized spacial score (nSPS) is 14.4. The van der Waals surface area contributed by atoms with E-state index in [4.69, 9.17) is 5.73 Å². The summed E-state index contributed by atoms with van der Waals surface area (Å²) in [5, 5.41) is 2.98. The van der Waals surface area contributed by atoms with Crippen molar-refractivity contribution in [2.75, 3.05) is 12.8 Å². The Hall–Kier alpha value is -1.00. The predicted octanol–water partition coefficient (Wildman–Crippen LogP) is 1.86. The van der Waals surface area contributed by atoms with Gasteiger partial charge in [0.1, 0.15) is 5.54 Å². The van der Waals surface area contributed by atoms with Gasteiger partial charge in [-0.1, -0.05) is 6.07 Å². The molecule has 0 saturated heterocycles. The largest absolute Gasteiger partial charge is 0.368 e. The Morgan fingerprint density at radius 2 is 2.06 bits per heavy atom. The van der Waals surface area contributed by atoms with Gasteiger partial charge in [0.05, 0.1) is 0 Å². The van der Waals surface area contributed by atoms with Crippen molar-refractivity contribution >= 4 is 17.7 Å². The average molecular weight is 252 g/mol. The Kier molecular flexibility index (Phi) is 4.60. The highest BCUT2D eigenvalue weighted by Crippen LogP contribution is 2.24. The van der Waals surface area contributed by atoms with Crippen molar-refractivity contribution in [2.24, 2.45) is 5.73 Å². The van der Waals surface area contributed by atoms with E-state index in [-0.39, 0.29) is 5.91 Å². The molecular weight excluding hydrogens is 232 g/mol. The van der Waals surface area contributed by atoms with E-state index in [0.717, 1.165) is 4.90 Å². The lowest BCUT2D eigenvalue weighted by Crippen LogP contribution is -2.53. The van der Waals surface area contributed by atoms with E-state index in [0.29, 0.717) is 5.75 Å². The lowest BCUT2D eigenvalue weighted by Gasteiger charge is -2.24. The summed E-state index contributed by atoms with van der Waals surface area (Å²) in [7, 11) is 1.76. The summed E-state index contributed by atoms with van der Waals surface area (Å²) in [6.07, 6.45) is 0. The molecule has 0 aliphatic heterocycles. The first-order chi connectivity index (χ1) is 7.89. The van der Waals surface area contributed by atoms with Gasteiger partial charge in [-0.2, -0.15) is 0 Å². The molecule has 0 spiro atoms. The molecule has 1 atom stereocenters. The highest BCUT2D eigenvalue weighted by atomic mass is 32.2. The molecule has 0 radical (unpaired) electrons. The zero-order valence-corrected chi connectivity index (χ0v) is 11.6. The Bertz CT molecular complexity index is 420. The summed E-state index contributed by atoms with van der Waals surface area (Å²) < 4.78 is 0. The second-order valence-electron chi connectivity index (χ2n) is 4.48. The number of nitrogens with two attached hydrogens (primary N) is 1. The molecule has 1 unspecified atom stereocenters. The van der Waals surface area contributed by atoms with Crippen molar-refractivity contribution < 1.29 is 4.79 Å². The van der Waals surface area contributed by atoms with Gasteiger partial charge in [0.15, 0.2) is 0 Å². The van der Waals surface area contributed by atoms with Crippen molar-refractivity contribution in [3.05, 3.63) is 29.3 Å². The molecular formula is C13H20N2OS. The van der Waals surface area contributed by atoms with Crippen LogP contribution in [0, 0.1) is 13.8 Å². The molecule has 0 saturated carbocycles. The minimum Gasteiger partial charge on any atom is -0.368 e. The molecule has 1 rings (SSSR count). The van der Waals surface area contributed by atoms with Crippen LogP contribution >= 0.6 is 11.8 Å². The molecule has 1 aromatic rings. The minimum atomic E-state index is -0.663. The number of carbonyl (C=O) groups excluding carboxylic acids is 1. The van der Waals surface area contributed by atoms with Crippen LogP contribution in [0.2, 0.25) is 0 Å². The van der Waals surface area contributed by atoms with E-state index in [9.17, 15) is 4.79 Å². The predicted molar refractivity (Wildman–Crippen MR) is 73.3 cm³/mol. The maximum atomic E-state index is 11.3. The van der Waals surface area contributed by atoms with E-state index >= 15 is 0 Å². The standard InChI is InChI=1S/C13H20N2OS/c1-9-5-6-11(7-10(9)2)17-8-13(3,15-4)12(14)16/h5-7,15H,8H2,1-4H3,(H2,14,16). The number of rotatable bonds is 5. The fourth-order valence-corrected chi connectivity index (χ4v) is 2.46. The average Bonchev–Trinajstić information content (AvgIpc) is 2.30. The number of carbonyl (C=O) groups is 1. The van der Waals surface area contributed by atoms with Crippen molar-refractivity contribution in [3.8, 4) is 0 Å². The maximum absolute atomic E-state index is 11.3. The number of hydrogen-bond donors (Lipinski definition) is 2. The monoisotopic (exact) mass is 252 g/mol. The zero-order chi connectivity index (χ0) is 13.1. The van der Waals surface area contributed by atoms with Gasteiger partial charge in [-0.3, -0.25) is 4.79 Å². The van der Waals surface area contributed by atoms with Crippen LogP contribution in [0.5, 0.6) is 0 Å². The first-order valence-corrected chi connectivity index (χ1v) is 6.56. The van der Waals surface area contributed by atoms with E-state index in [1.807, 2.05) is 6.92 Å². The first kappa shape index (κ1) is 14.1. The molecule has 94 valence electrons. The fourth-order valence-electron chi connectivity index (χ4n) is 1.30. The molecule has 17 heavy (non-hydrogen) atoms. The van der Waals surface area contributed by atoms with E-state index in [2.05, 4.69) is 37.4 Å². The fraction of sp³-hybridized carbons (Fsp3) is 0.462. The number of amides is 1. The van der Waals surface area contributed by atoms with Gasteiger partial charge in [-0.15, -0.1) is 11.8 Å². The lowest BCUT2D eigenvalue weighted by molar-refractivity contribution is -0.122. The number of benzene rings is 1. The smallest absolute Gasteiger partial charge is 0.238 e. The SMILES string of the molecule is CNC(C)(CSc1ccc(C)c(C)c1)C(N)=O. The van der Waals surface area contributed by atoms with Crippen LogP contribution in [0.15, 0.2) is 23.1 Å². The van der Waals surface area contributed by atoms with Gasteiger partial charge in [-0.05, 0) is 51.1 Å². The summed E-state index contributed by atoms with van der Waals surface area (Å²) in [6, 6.07) is 6.31. The topological polar surface area (TPSA) is 55.1 Å². The Labute approximate surface area is 107 Å². The molecule has 1 aromatic carbocycles. The van der Waals surface area contributed by atoms with Gasteiger partial charge in [0.2, 0.25) is 5.91 Å². The van der Waals surface area contributed by atoms with Gasteiger partial charge in [-0.25, -0.2) is 0 Å². The number of aryl methyl sites for hydroxylation is 2. The van der Waals surface area contributed by atoms with Crippen LogP contribution < -0.4 is 11.1 Å². The first-order valence-electron chi connectivity index (χ1n) is 5.58. The van der Waals surface area contributed by atoms with Crippen molar-refractivity contribution in [3.63, 3.8) is 0 Å². The molecule has 0 fully saturated rings. The minimum absolute atomic E-state index is 0.323. The van der Waals surface area contributed by atoms with Gasteiger partial charge < -0.3 is 11.1 Å². The summed E-state index contributed by atoms with van der Waals surface area (Å²) in [4.78, 5) is 12.5. The van der Waals surface area contributed by atoms with Crippen LogP contribution in [-0.4, -0.2) is 24.2 Å². The number of nitrogens with one attached hydrogen (secondary N) is 1. The molecule has 0 aliphatic carbocycles. The van der Waals surface area contributed by atoms with Crippen molar-refractivity contribution in [1.29, 1.82) is 0 Å². The number of thioether (sulfide) groups is 1. The third kappa shape index (κ3) is 3.48. The van der Waals surface area contributed by atoms with Crippen LogP contribution in [0.4, 0.5) is 0 Å². The molecule has 0 aliphatic rings. The summed E-state index contributed by atoms with van der Waals surface area (Å²) in [5.41, 5.74) is 7.26. The quantitative estimate of drug-likeness (QED) is 0.786. The molecule has 1 amide bonds.